The second kappa shape index (κ2) is 7.04. The Balaban J connectivity index is 1.67. The number of hydrogen-bond acceptors (Lipinski definition) is 4. The summed E-state index contributed by atoms with van der Waals surface area (Å²) in [5.74, 6) is 0.842. The van der Waals surface area contributed by atoms with Crippen molar-refractivity contribution in [1.29, 1.82) is 0 Å². The quantitative estimate of drug-likeness (QED) is 0.729. The maximum absolute atomic E-state index is 13.4. The van der Waals surface area contributed by atoms with Crippen LogP contribution in [0.15, 0.2) is 52.9 Å². The molecule has 3 heterocycles. The highest BCUT2D eigenvalue weighted by Crippen LogP contribution is 2.38. The number of likely N-dealkylation sites (tertiary alicyclic amines) is 1. The van der Waals surface area contributed by atoms with Gasteiger partial charge in [-0.05, 0) is 38.0 Å². The number of primary amides is 1. The summed E-state index contributed by atoms with van der Waals surface area (Å²) < 4.78 is 5.85. The first-order chi connectivity index (χ1) is 13.0. The van der Waals surface area contributed by atoms with Crippen LogP contribution in [0, 0.1) is 6.92 Å². The molecule has 5 nitrogen and oxygen atoms in total. The summed E-state index contributed by atoms with van der Waals surface area (Å²) in [5, 5.41) is 0. The topological polar surface area (TPSA) is 76.5 Å². The average molecular weight is 380 g/mol. The van der Waals surface area contributed by atoms with Gasteiger partial charge in [0.15, 0.2) is 0 Å². The summed E-state index contributed by atoms with van der Waals surface area (Å²) >= 11 is 1.37. The van der Waals surface area contributed by atoms with Crippen molar-refractivity contribution in [3.05, 3.63) is 69.6 Å². The molecule has 3 aromatic rings. The van der Waals surface area contributed by atoms with Gasteiger partial charge in [0.1, 0.15) is 11.5 Å². The van der Waals surface area contributed by atoms with Crippen LogP contribution in [0.1, 0.15) is 49.6 Å². The normalized spacial score (nSPS) is 16.6. The first kappa shape index (κ1) is 17.5. The molecular formula is C21H20N2O3S. The van der Waals surface area contributed by atoms with Crippen LogP contribution in [-0.2, 0) is 0 Å². The van der Waals surface area contributed by atoms with Gasteiger partial charge in [-0.2, -0.15) is 0 Å². The second-order valence-electron chi connectivity index (χ2n) is 6.69. The number of nitrogens with zero attached hydrogens (tertiary/aromatic N) is 1. The zero-order chi connectivity index (χ0) is 19.0. The summed E-state index contributed by atoms with van der Waals surface area (Å²) in [6.07, 6.45) is 1.81. The molecule has 1 unspecified atom stereocenters. The van der Waals surface area contributed by atoms with E-state index < -0.39 is 5.91 Å². The molecule has 2 amide bonds. The van der Waals surface area contributed by atoms with E-state index in [1.165, 1.54) is 11.3 Å². The minimum absolute atomic E-state index is 0.0329. The fourth-order valence-electron chi connectivity index (χ4n) is 3.60. The Morgan fingerprint density at radius 3 is 2.67 bits per heavy atom. The third-order valence-electron chi connectivity index (χ3n) is 4.83. The molecule has 1 saturated heterocycles. The molecule has 0 bridgehead atoms. The Morgan fingerprint density at radius 2 is 1.96 bits per heavy atom. The molecule has 0 aliphatic carbocycles. The third kappa shape index (κ3) is 3.28. The summed E-state index contributed by atoms with van der Waals surface area (Å²) in [4.78, 5) is 28.2. The molecule has 6 heteroatoms. The van der Waals surface area contributed by atoms with Crippen LogP contribution in [0.5, 0.6) is 0 Å². The van der Waals surface area contributed by atoms with Crippen LogP contribution >= 0.6 is 11.3 Å². The number of furan rings is 1. The largest absolute Gasteiger partial charge is 0.461 e. The molecule has 0 spiro atoms. The highest BCUT2D eigenvalue weighted by atomic mass is 32.1. The van der Waals surface area contributed by atoms with E-state index in [0.717, 1.165) is 23.3 Å². The van der Waals surface area contributed by atoms with Gasteiger partial charge >= 0.3 is 0 Å². The highest BCUT2D eigenvalue weighted by Gasteiger charge is 2.34. The first-order valence-electron chi connectivity index (χ1n) is 8.91. The lowest BCUT2D eigenvalue weighted by atomic mass is 10.1. The molecule has 1 atom stereocenters. The Bertz CT molecular complexity index is 990. The molecular weight excluding hydrogens is 360 g/mol. The Labute approximate surface area is 161 Å². The molecule has 1 fully saturated rings. The highest BCUT2D eigenvalue weighted by molar-refractivity contribution is 7.14. The van der Waals surface area contributed by atoms with Crippen molar-refractivity contribution in [2.45, 2.75) is 25.8 Å². The lowest BCUT2D eigenvalue weighted by Gasteiger charge is -2.23. The fraction of sp³-hybridized carbons (Fsp3) is 0.238. The Hall–Kier alpha value is -2.86. The van der Waals surface area contributed by atoms with E-state index in [4.69, 9.17) is 10.2 Å². The number of hydrogen-bond donors (Lipinski definition) is 1. The molecule has 0 saturated carbocycles. The van der Waals surface area contributed by atoms with Gasteiger partial charge < -0.3 is 15.1 Å². The van der Waals surface area contributed by atoms with Gasteiger partial charge in [0.25, 0.3) is 11.8 Å². The number of thiophene rings is 1. The van der Waals surface area contributed by atoms with Gasteiger partial charge in [-0.1, -0.05) is 30.3 Å². The molecule has 0 radical (unpaired) electrons. The molecule has 4 rings (SSSR count). The summed E-state index contributed by atoms with van der Waals surface area (Å²) in [5.41, 5.74) is 6.84. The minimum atomic E-state index is -0.432. The lowest BCUT2D eigenvalue weighted by Crippen LogP contribution is -2.30. The molecule has 1 aromatic carbocycles. The van der Waals surface area contributed by atoms with E-state index in [0.29, 0.717) is 28.5 Å². The Kier molecular flexibility index (Phi) is 4.58. The van der Waals surface area contributed by atoms with Crippen LogP contribution in [0.4, 0.5) is 0 Å². The molecule has 2 N–H and O–H groups in total. The summed E-state index contributed by atoms with van der Waals surface area (Å²) in [7, 11) is 0. The van der Waals surface area contributed by atoms with Gasteiger partial charge in [-0.15, -0.1) is 11.3 Å². The van der Waals surface area contributed by atoms with Crippen LogP contribution in [0.2, 0.25) is 0 Å². The van der Waals surface area contributed by atoms with Crippen molar-refractivity contribution >= 4 is 23.2 Å². The van der Waals surface area contributed by atoms with Crippen molar-refractivity contribution in [3.63, 3.8) is 0 Å². The number of aryl methyl sites for hydroxylation is 1. The van der Waals surface area contributed by atoms with E-state index >= 15 is 0 Å². The molecule has 27 heavy (non-hydrogen) atoms. The van der Waals surface area contributed by atoms with E-state index in [9.17, 15) is 9.59 Å². The van der Waals surface area contributed by atoms with Gasteiger partial charge in [-0.25, -0.2) is 0 Å². The molecule has 1 aliphatic rings. The van der Waals surface area contributed by atoms with Gasteiger partial charge in [0, 0.05) is 17.0 Å². The predicted octanol–water partition coefficient (Wildman–Crippen LogP) is 4.39. The third-order valence-corrected chi connectivity index (χ3v) is 6.03. The molecule has 138 valence electrons. The predicted molar refractivity (Wildman–Crippen MR) is 105 cm³/mol. The van der Waals surface area contributed by atoms with Crippen LogP contribution < -0.4 is 5.73 Å². The SMILES string of the molecule is Cc1cc(C(=O)N2CCCC2c2ccc(C(N)=O)s2)c(-c2ccccc2)o1. The van der Waals surface area contributed by atoms with Crippen LogP contribution in [0.25, 0.3) is 11.3 Å². The van der Waals surface area contributed by atoms with Crippen molar-refractivity contribution in [2.75, 3.05) is 6.54 Å². The van der Waals surface area contributed by atoms with Crippen molar-refractivity contribution in [3.8, 4) is 11.3 Å². The van der Waals surface area contributed by atoms with Crippen LogP contribution in [0.3, 0.4) is 0 Å². The van der Waals surface area contributed by atoms with Crippen molar-refractivity contribution in [2.24, 2.45) is 5.73 Å². The van der Waals surface area contributed by atoms with E-state index in [1.807, 2.05) is 54.3 Å². The van der Waals surface area contributed by atoms with Crippen molar-refractivity contribution < 1.29 is 14.0 Å². The maximum Gasteiger partial charge on any atom is 0.258 e. The van der Waals surface area contributed by atoms with Gasteiger partial charge in [0.05, 0.1) is 16.5 Å². The summed E-state index contributed by atoms with van der Waals surface area (Å²) in [6.45, 7) is 2.54. The van der Waals surface area contributed by atoms with E-state index in [-0.39, 0.29) is 11.9 Å². The monoisotopic (exact) mass is 380 g/mol. The smallest absolute Gasteiger partial charge is 0.258 e. The first-order valence-corrected chi connectivity index (χ1v) is 9.72. The van der Waals surface area contributed by atoms with E-state index in [2.05, 4.69) is 0 Å². The van der Waals surface area contributed by atoms with Crippen molar-refractivity contribution in [1.82, 2.24) is 4.90 Å². The van der Waals surface area contributed by atoms with E-state index in [1.54, 1.807) is 6.07 Å². The standard InChI is InChI=1S/C21H20N2O3S/c1-13-12-15(19(26-13)14-6-3-2-4-7-14)21(25)23-11-5-8-16(23)17-9-10-18(27-17)20(22)24/h2-4,6-7,9-10,12,16H,5,8,11H2,1H3,(H2,22,24). The number of benzene rings is 1. The number of rotatable bonds is 4. The lowest BCUT2D eigenvalue weighted by molar-refractivity contribution is 0.0738. The minimum Gasteiger partial charge on any atom is -0.461 e. The number of amides is 2. The molecule has 1 aliphatic heterocycles. The average Bonchev–Trinajstić information content (AvgIpc) is 3.40. The zero-order valence-electron chi connectivity index (χ0n) is 15.0. The van der Waals surface area contributed by atoms with Crippen LogP contribution in [-0.4, -0.2) is 23.3 Å². The Morgan fingerprint density at radius 1 is 1.19 bits per heavy atom. The maximum atomic E-state index is 13.4. The van der Waals surface area contributed by atoms with Gasteiger partial charge in [0.2, 0.25) is 0 Å². The zero-order valence-corrected chi connectivity index (χ0v) is 15.8. The second-order valence-corrected chi connectivity index (χ2v) is 7.80. The summed E-state index contributed by atoms with van der Waals surface area (Å²) in [6, 6.07) is 15.1. The fourth-order valence-corrected chi connectivity index (χ4v) is 4.61. The number of nitrogens with two attached hydrogens (primary N) is 1. The van der Waals surface area contributed by atoms with Gasteiger partial charge in [-0.3, -0.25) is 9.59 Å². The molecule has 2 aromatic heterocycles. The number of carbonyl (C=O) groups excluding carboxylic acids is 2. The number of carbonyl (C=O) groups is 2.